The zero-order valence-electron chi connectivity index (χ0n) is 22.2. The van der Waals surface area contributed by atoms with Gasteiger partial charge in [0.05, 0.1) is 11.1 Å². The second-order valence-electron chi connectivity index (χ2n) is 9.79. The van der Waals surface area contributed by atoms with Crippen molar-refractivity contribution in [1.82, 2.24) is 20.3 Å². The van der Waals surface area contributed by atoms with E-state index in [1.807, 2.05) is 20.8 Å². The predicted octanol–water partition coefficient (Wildman–Crippen LogP) is 5.84. The van der Waals surface area contributed by atoms with Crippen LogP contribution in [0.1, 0.15) is 51.8 Å². The number of rotatable bonds is 9. The molecule has 0 fully saturated rings. The zero-order chi connectivity index (χ0) is 29.6. The van der Waals surface area contributed by atoms with Crippen molar-refractivity contribution >= 4 is 75.8 Å². The third-order valence-corrected chi connectivity index (χ3v) is 5.76. The molecule has 0 spiro atoms. The Morgan fingerprint density at radius 1 is 0.659 bits per heavy atom. The molecule has 1 amide bonds. The van der Waals surface area contributed by atoms with Crippen molar-refractivity contribution in [1.29, 1.82) is 0 Å². The van der Waals surface area contributed by atoms with Crippen LogP contribution >= 0.6 is 23.0 Å². The number of hydrogen-bond acceptors (Lipinski definition) is 10. The molecule has 0 aliphatic rings. The fourth-order valence-electron chi connectivity index (χ4n) is 3.48. The van der Waals surface area contributed by atoms with Crippen LogP contribution < -0.4 is 21.3 Å². The Kier molecular flexibility index (Phi) is 8.97. The van der Waals surface area contributed by atoms with E-state index in [0.29, 0.717) is 28.2 Å². The molecule has 0 saturated carbocycles. The van der Waals surface area contributed by atoms with Gasteiger partial charge in [-0.05, 0) is 93.6 Å². The van der Waals surface area contributed by atoms with Crippen LogP contribution in [0.5, 0.6) is 0 Å². The minimum atomic E-state index is -1.03. The number of carbonyl (C=O) groups excluding carboxylic acids is 2. The first kappa shape index (κ1) is 29.2. The average Bonchev–Trinajstić information content (AvgIpc) is 2.92. The second kappa shape index (κ2) is 12.6. The van der Waals surface area contributed by atoms with E-state index >= 15 is 0 Å². The van der Waals surface area contributed by atoms with E-state index in [0.717, 1.165) is 0 Å². The molecule has 3 aromatic carbocycles. The lowest BCUT2D eigenvalue weighted by atomic mass is 10.1. The SMILES string of the molecule is CC(C)(C)NC(=O)c1ccc(Nc2nc(Nc3ccc(C(=O)O)cc3)nc(Nc3ccc(C(=O)OI)cc3)n2)cc1. The molecule has 0 bridgehead atoms. The van der Waals surface area contributed by atoms with Crippen molar-refractivity contribution in [3.8, 4) is 0 Å². The number of carbonyl (C=O) groups is 3. The molecule has 41 heavy (non-hydrogen) atoms. The van der Waals surface area contributed by atoms with Gasteiger partial charge in [-0.15, -0.1) is 0 Å². The highest BCUT2D eigenvalue weighted by molar-refractivity contribution is 14.1. The van der Waals surface area contributed by atoms with Gasteiger partial charge in [0, 0.05) is 28.2 Å². The highest BCUT2D eigenvalue weighted by Gasteiger charge is 2.15. The Balaban J connectivity index is 1.59. The highest BCUT2D eigenvalue weighted by Crippen LogP contribution is 2.22. The Morgan fingerprint density at radius 2 is 1.02 bits per heavy atom. The maximum Gasteiger partial charge on any atom is 0.347 e. The lowest BCUT2D eigenvalue weighted by Gasteiger charge is -2.20. The number of hydrogen-bond donors (Lipinski definition) is 5. The fraction of sp³-hybridized carbons (Fsp3) is 0.143. The zero-order valence-corrected chi connectivity index (χ0v) is 24.4. The van der Waals surface area contributed by atoms with Crippen LogP contribution in [0, 0.1) is 0 Å². The van der Waals surface area contributed by atoms with Crippen LogP contribution in [0.4, 0.5) is 34.9 Å². The predicted molar refractivity (Wildman–Crippen MR) is 163 cm³/mol. The normalized spacial score (nSPS) is 10.8. The van der Waals surface area contributed by atoms with Crippen molar-refractivity contribution in [2.45, 2.75) is 26.3 Å². The third-order valence-electron chi connectivity index (χ3n) is 5.36. The summed E-state index contributed by atoms with van der Waals surface area (Å²) in [5.41, 5.74) is 2.48. The minimum Gasteiger partial charge on any atom is -0.478 e. The van der Waals surface area contributed by atoms with Crippen molar-refractivity contribution in [2.24, 2.45) is 0 Å². The lowest BCUT2D eigenvalue weighted by molar-refractivity contribution is 0.0695. The molecule has 210 valence electrons. The summed E-state index contributed by atoms with van der Waals surface area (Å²) in [6.07, 6.45) is 0. The van der Waals surface area contributed by atoms with Gasteiger partial charge in [-0.25, -0.2) is 9.59 Å². The first-order valence-corrected chi connectivity index (χ1v) is 13.1. The van der Waals surface area contributed by atoms with Gasteiger partial charge in [0.1, 0.15) is 0 Å². The maximum absolute atomic E-state index is 12.5. The summed E-state index contributed by atoms with van der Waals surface area (Å²) in [4.78, 5) is 48.7. The summed E-state index contributed by atoms with van der Waals surface area (Å²) in [6, 6.07) is 19.5. The Labute approximate surface area is 249 Å². The molecular formula is C28H26IN7O5. The summed E-state index contributed by atoms with van der Waals surface area (Å²) >= 11 is 1.53. The van der Waals surface area contributed by atoms with Gasteiger partial charge in [-0.2, -0.15) is 15.0 Å². The number of amides is 1. The maximum atomic E-state index is 12.5. The van der Waals surface area contributed by atoms with E-state index in [1.165, 1.54) is 35.1 Å². The standard InChI is InChI=1S/C28H26IN7O5/c1-28(2,3)36-22(37)16-4-10-19(11-5-16)30-25-33-26(31-20-12-6-17(7-13-20)23(38)39)35-27(34-25)32-21-14-8-18(9-15-21)24(40)41-29/h4-15H,1-3H3,(H,36,37)(H,38,39)(H3,30,31,32,33,34,35). The molecule has 4 aromatic rings. The quantitative estimate of drug-likeness (QED) is 0.136. The van der Waals surface area contributed by atoms with Crippen molar-refractivity contribution in [2.75, 3.05) is 16.0 Å². The van der Waals surface area contributed by atoms with Crippen LogP contribution in [0.25, 0.3) is 0 Å². The lowest BCUT2D eigenvalue weighted by Crippen LogP contribution is -2.40. The molecule has 0 aliphatic carbocycles. The molecule has 0 atom stereocenters. The van der Waals surface area contributed by atoms with Crippen molar-refractivity contribution in [3.05, 3.63) is 89.5 Å². The second-order valence-corrected chi connectivity index (χ2v) is 10.2. The van der Waals surface area contributed by atoms with Crippen molar-refractivity contribution in [3.63, 3.8) is 0 Å². The van der Waals surface area contributed by atoms with E-state index in [4.69, 9.17) is 8.17 Å². The van der Waals surface area contributed by atoms with E-state index in [9.17, 15) is 14.4 Å². The topological polar surface area (TPSA) is 167 Å². The monoisotopic (exact) mass is 667 g/mol. The summed E-state index contributed by atoms with van der Waals surface area (Å²) in [5.74, 6) is -1.12. The highest BCUT2D eigenvalue weighted by atomic mass is 127. The van der Waals surface area contributed by atoms with E-state index in [2.05, 4.69) is 36.2 Å². The summed E-state index contributed by atoms with van der Waals surface area (Å²) < 4.78 is 4.71. The number of benzene rings is 3. The van der Waals surface area contributed by atoms with Gasteiger partial charge in [0.15, 0.2) is 23.0 Å². The summed E-state index contributed by atoms with van der Waals surface area (Å²) in [6.45, 7) is 5.73. The number of nitrogens with zero attached hydrogens (tertiary/aromatic N) is 3. The molecule has 1 aromatic heterocycles. The smallest absolute Gasteiger partial charge is 0.347 e. The average molecular weight is 667 g/mol. The number of halogens is 1. The number of carboxylic acids is 1. The summed E-state index contributed by atoms with van der Waals surface area (Å²) in [7, 11) is 0. The molecule has 1 heterocycles. The van der Waals surface area contributed by atoms with E-state index < -0.39 is 11.9 Å². The molecule has 13 heteroatoms. The fourth-order valence-corrected chi connectivity index (χ4v) is 3.73. The van der Waals surface area contributed by atoms with Gasteiger partial charge in [-0.3, -0.25) is 4.79 Å². The first-order chi connectivity index (χ1) is 19.5. The van der Waals surface area contributed by atoms with Gasteiger partial charge < -0.3 is 29.4 Å². The molecule has 12 nitrogen and oxygen atoms in total. The molecule has 0 radical (unpaired) electrons. The van der Waals surface area contributed by atoms with Crippen LogP contribution in [0.2, 0.25) is 0 Å². The van der Waals surface area contributed by atoms with Crippen LogP contribution in [0.15, 0.2) is 72.8 Å². The number of carboxylic acid groups (broad SMARTS) is 1. The molecule has 4 rings (SSSR count). The molecule has 0 aliphatic heterocycles. The number of anilines is 6. The van der Waals surface area contributed by atoms with Crippen LogP contribution in [-0.2, 0) is 3.07 Å². The molecule has 5 N–H and O–H groups in total. The molecular weight excluding hydrogens is 641 g/mol. The summed E-state index contributed by atoms with van der Waals surface area (Å²) in [5, 5.41) is 21.3. The van der Waals surface area contributed by atoms with Gasteiger partial charge in [0.25, 0.3) is 5.91 Å². The Bertz CT molecular complexity index is 1560. The Morgan fingerprint density at radius 3 is 1.37 bits per heavy atom. The molecule has 0 saturated heterocycles. The first-order valence-electron chi connectivity index (χ1n) is 12.3. The van der Waals surface area contributed by atoms with Crippen LogP contribution in [0.3, 0.4) is 0 Å². The van der Waals surface area contributed by atoms with Gasteiger partial charge in [0.2, 0.25) is 17.8 Å². The van der Waals surface area contributed by atoms with Crippen molar-refractivity contribution < 1.29 is 22.6 Å². The Hall–Kier alpha value is -4.79. The van der Waals surface area contributed by atoms with Crippen LogP contribution in [-0.4, -0.2) is 43.4 Å². The van der Waals surface area contributed by atoms with Gasteiger partial charge in [-0.1, -0.05) is 0 Å². The van der Waals surface area contributed by atoms with E-state index in [-0.39, 0.29) is 34.9 Å². The van der Waals surface area contributed by atoms with E-state index in [1.54, 1.807) is 60.7 Å². The minimum absolute atomic E-state index is 0.144. The number of aromatic nitrogens is 3. The molecule has 0 unspecified atom stereocenters. The third kappa shape index (κ3) is 8.35. The number of aromatic carboxylic acids is 1. The van der Waals surface area contributed by atoms with Gasteiger partial charge >= 0.3 is 11.9 Å². The largest absolute Gasteiger partial charge is 0.478 e. The number of nitrogens with one attached hydrogen (secondary N) is 4.